The number of aryl methyl sites for hydroxylation is 1. The van der Waals surface area contributed by atoms with Crippen molar-refractivity contribution >= 4 is 17.3 Å². The van der Waals surface area contributed by atoms with Crippen LogP contribution < -0.4 is 0 Å². The van der Waals surface area contributed by atoms with Gasteiger partial charge in [-0.05, 0) is 13.0 Å². The fraction of sp³-hybridized carbons (Fsp3) is 0.111. The minimum atomic E-state index is -0.924. The Balaban J connectivity index is 2.58. The molecule has 0 unspecified atom stereocenters. The Labute approximate surface area is 84.2 Å². The predicted octanol–water partition coefficient (Wildman–Crippen LogP) is 2.14. The number of carbonyl (C=O) groups is 1. The molecule has 14 heavy (non-hydrogen) atoms. The first kappa shape index (κ1) is 8.96. The number of aromatic carboxylic acids is 1. The first-order valence-electron chi connectivity index (χ1n) is 4.02. The Kier molecular flexibility index (Phi) is 2.09. The normalized spacial score (nSPS) is 10.4. The van der Waals surface area contributed by atoms with Gasteiger partial charge in [0, 0.05) is 18.0 Å². The summed E-state index contributed by atoms with van der Waals surface area (Å²) in [6.07, 6.45) is 3.48. The van der Waals surface area contributed by atoms with Crippen molar-refractivity contribution in [1.29, 1.82) is 0 Å². The molecule has 0 aliphatic carbocycles. The van der Waals surface area contributed by atoms with Crippen LogP contribution in [0.25, 0.3) is 11.3 Å². The van der Waals surface area contributed by atoms with Crippen LogP contribution in [0.3, 0.4) is 0 Å². The molecule has 0 amide bonds. The third-order valence-electron chi connectivity index (χ3n) is 1.80. The molecule has 2 heterocycles. The standard InChI is InChI=1S/C9H8N2O2S/c1-5-11-7(6-2-3-10-4-6)8(14-5)9(12)13/h2-4,10H,1H3,(H,12,13). The molecule has 0 fully saturated rings. The fourth-order valence-corrected chi connectivity index (χ4v) is 2.02. The molecule has 4 nitrogen and oxygen atoms in total. The van der Waals surface area contributed by atoms with Crippen LogP contribution >= 0.6 is 11.3 Å². The van der Waals surface area contributed by atoms with Crippen molar-refractivity contribution in [2.24, 2.45) is 0 Å². The van der Waals surface area contributed by atoms with Crippen molar-refractivity contribution in [2.75, 3.05) is 0 Å². The SMILES string of the molecule is Cc1nc(-c2cc[nH]c2)c(C(=O)O)s1. The van der Waals surface area contributed by atoms with Crippen LogP contribution in [0, 0.1) is 6.92 Å². The zero-order valence-corrected chi connectivity index (χ0v) is 8.26. The lowest BCUT2D eigenvalue weighted by molar-refractivity contribution is 0.0702. The highest BCUT2D eigenvalue weighted by Gasteiger charge is 2.16. The molecule has 0 atom stereocenters. The summed E-state index contributed by atoms with van der Waals surface area (Å²) in [6, 6.07) is 1.81. The van der Waals surface area contributed by atoms with E-state index >= 15 is 0 Å². The summed E-state index contributed by atoms with van der Waals surface area (Å²) in [4.78, 5) is 18.3. The summed E-state index contributed by atoms with van der Waals surface area (Å²) in [5.74, 6) is -0.924. The number of hydrogen-bond donors (Lipinski definition) is 2. The number of aromatic amines is 1. The van der Waals surface area contributed by atoms with E-state index in [0.29, 0.717) is 10.6 Å². The van der Waals surface area contributed by atoms with Crippen LogP contribution in [0.15, 0.2) is 18.5 Å². The molecular formula is C9H8N2O2S. The first-order chi connectivity index (χ1) is 6.68. The molecule has 5 heteroatoms. The molecule has 0 aromatic carbocycles. The Bertz CT molecular complexity index is 459. The average molecular weight is 208 g/mol. The van der Waals surface area contributed by atoms with Crippen molar-refractivity contribution in [3.63, 3.8) is 0 Å². The highest BCUT2D eigenvalue weighted by Crippen LogP contribution is 2.27. The Morgan fingerprint density at radius 2 is 2.43 bits per heavy atom. The van der Waals surface area contributed by atoms with Crippen molar-refractivity contribution < 1.29 is 9.90 Å². The smallest absolute Gasteiger partial charge is 0.348 e. The molecule has 0 aliphatic rings. The number of H-pyrrole nitrogens is 1. The second kappa shape index (κ2) is 3.26. The van der Waals surface area contributed by atoms with E-state index in [1.54, 1.807) is 25.4 Å². The number of carboxylic acid groups (broad SMARTS) is 1. The molecule has 2 aromatic heterocycles. The summed E-state index contributed by atoms with van der Waals surface area (Å²) < 4.78 is 0. The number of hydrogen-bond acceptors (Lipinski definition) is 3. The third-order valence-corrected chi connectivity index (χ3v) is 2.76. The predicted molar refractivity (Wildman–Crippen MR) is 53.6 cm³/mol. The lowest BCUT2D eigenvalue weighted by atomic mass is 10.2. The Morgan fingerprint density at radius 1 is 1.64 bits per heavy atom. The number of thiazole rings is 1. The van der Waals surface area contributed by atoms with Gasteiger partial charge in [0.25, 0.3) is 0 Å². The maximum absolute atomic E-state index is 10.9. The number of nitrogens with one attached hydrogen (secondary N) is 1. The summed E-state index contributed by atoms with van der Waals surface area (Å²) in [5, 5.41) is 9.70. The van der Waals surface area contributed by atoms with E-state index in [2.05, 4.69) is 9.97 Å². The number of aromatic nitrogens is 2. The van der Waals surface area contributed by atoms with Crippen molar-refractivity contribution in [3.8, 4) is 11.3 Å². The minimum Gasteiger partial charge on any atom is -0.477 e. The van der Waals surface area contributed by atoms with Gasteiger partial charge in [0.2, 0.25) is 0 Å². The molecular weight excluding hydrogens is 200 g/mol. The van der Waals surface area contributed by atoms with Crippen molar-refractivity contribution in [3.05, 3.63) is 28.3 Å². The van der Waals surface area contributed by atoms with Gasteiger partial charge in [-0.15, -0.1) is 11.3 Å². The summed E-state index contributed by atoms with van der Waals surface area (Å²) >= 11 is 1.20. The van der Waals surface area contributed by atoms with E-state index in [9.17, 15) is 4.79 Å². The van der Waals surface area contributed by atoms with Gasteiger partial charge in [0.15, 0.2) is 0 Å². The van der Waals surface area contributed by atoms with Gasteiger partial charge in [-0.2, -0.15) is 0 Å². The molecule has 0 aliphatic heterocycles. The van der Waals surface area contributed by atoms with Crippen LogP contribution in [0.1, 0.15) is 14.7 Å². The van der Waals surface area contributed by atoms with E-state index in [4.69, 9.17) is 5.11 Å². The van der Waals surface area contributed by atoms with Crippen LogP contribution in [-0.4, -0.2) is 21.0 Å². The number of nitrogens with zero attached hydrogens (tertiary/aromatic N) is 1. The van der Waals surface area contributed by atoms with E-state index < -0.39 is 5.97 Å². The molecule has 2 N–H and O–H groups in total. The second-order valence-electron chi connectivity index (χ2n) is 2.82. The van der Waals surface area contributed by atoms with Gasteiger partial charge in [0.05, 0.1) is 10.7 Å². The molecule has 72 valence electrons. The van der Waals surface area contributed by atoms with Crippen LogP contribution in [0.2, 0.25) is 0 Å². The largest absolute Gasteiger partial charge is 0.477 e. The molecule has 2 rings (SSSR count). The molecule has 0 saturated heterocycles. The van der Waals surface area contributed by atoms with Crippen LogP contribution in [0.4, 0.5) is 0 Å². The quantitative estimate of drug-likeness (QED) is 0.794. The summed E-state index contributed by atoms with van der Waals surface area (Å²) in [6.45, 7) is 1.80. The summed E-state index contributed by atoms with van der Waals surface area (Å²) in [5.41, 5.74) is 1.35. The van der Waals surface area contributed by atoms with E-state index in [-0.39, 0.29) is 0 Å². The van der Waals surface area contributed by atoms with Gasteiger partial charge < -0.3 is 10.1 Å². The third kappa shape index (κ3) is 1.42. The lowest BCUT2D eigenvalue weighted by Gasteiger charge is -1.92. The monoisotopic (exact) mass is 208 g/mol. The van der Waals surface area contributed by atoms with Crippen molar-refractivity contribution in [1.82, 2.24) is 9.97 Å². The number of carboxylic acids is 1. The lowest BCUT2D eigenvalue weighted by Crippen LogP contribution is -1.94. The fourth-order valence-electron chi connectivity index (χ4n) is 1.24. The van der Waals surface area contributed by atoms with Gasteiger partial charge in [-0.25, -0.2) is 9.78 Å². The van der Waals surface area contributed by atoms with Gasteiger partial charge in [-0.3, -0.25) is 0 Å². The highest BCUT2D eigenvalue weighted by atomic mass is 32.1. The molecule has 0 spiro atoms. The zero-order valence-electron chi connectivity index (χ0n) is 7.44. The van der Waals surface area contributed by atoms with Crippen LogP contribution in [0.5, 0.6) is 0 Å². The topological polar surface area (TPSA) is 66.0 Å². The molecule has 0 saturated carbocycles. The van der Waals surface area contributed by atoms with Gasteiger partial charge in [0.1, 0.15) is 4.88 Å². The maximum Gasteiger partial charge on any atom is 0.348 e. The van der Waals surface area contributed by atoms with Crippen molar-refractivity contribution in [2.45, 2.75) is 6.92 Å². The molecule has 0 bridgehead atoms. The Hall–Kier alpha value is -1.62. The average Bonchev–Trinajstić information content (AvgIpc) is 2.70. The van der Waals surface area contributed by atoms with Gasteiger partial charge >= 0.3 is 5.97 Å². The van der Waals surface area contributed by atoms with E-state index in [1.807, 2.05) is 0 Å². The minimum absolute atomic E-state index is 0.294. The summed E-state index contributed by atoms with van der Waals surface area (Å²) in [7, 11) is 0. The van der Waals surface area contributed by atoms with E-state index in [1.165, 1.54) is 11.3 Å². The van der Waals surface area contributed by atoms with Gasteiger partial charge in [-0.1, -0.05) is 0 Å². The van der Waals surface area contributed by atoms with E-state index in [0.717, 1.165) is 10.6 Å². The Morgan fingerprint density at radius 3 is 3.00 bits per heavy atom. The molecule has 2 aromatic rings. The maximum atomic E-state index is 10.9. The van der Waals surface area contributed by atoms with Crippen LogP contribution in [-0.2, 0) is 0 Å². The number of rotatable bonds is 2. The molecule has 0 radical (unpaired) electrons. The second-order valence-corrected chi connectivity index (χ2v) is 4.02. The first-order valence-corrected chi connectivity index (χ1v) is 4.84. The highest BCUT2D eigenvalue weighted by molar-refractivity contribution is 7.14. The zero-order chi connectivity index (χ0) is 10.1.